The van der Waals surface area contributed by atoms with Crippen molar-refractivity contribution in [1.29, 1.82) is 0 Å². The van der Waals surface area contributed by atoms with Gasteiger partial charge in [-0.2, -0.15) is 5.11 Å². The van der Waals surface area contributed by atoms with Crippen LogP contribution in [0.4, 0.5) is 11.4 Å². The van der Waals surface area contributed by atoms with E-state index in [1.165, 1.54) is 18.2 Å². The Labute approximate surface area is 163 Å². The predicted octanol–water partition coefficient (Wildman–Crippen LogP) is 3.95. The molecule has 0 fully saturated rings. The Morgan fingerprint density at radius 2 is 1.65 bits per heavy atom. The van der Waals surface area contributed by atoms with Crippen molar-refractivity contribution < 1.29 is 21.9 Å². The van der Waals surface area contributed by atoms with Gasteiger partial charge >= 0.3 is 0 Å². The summed E-state index contributed by atoms with van der Waals surface area (Å²) in [5, 5.41) is 17.2. The molecule has 2 rings (SSSR count). The molecule has 2 aromatic carbocycles. The first-order chi connectivity index (χ1) is 12.0. The predicted molar refractivity (Wildman–Crippen MR) is 98.0 cm³/mol. The Morgan fingerprint density at radius 1 is 1.00 bits per heavy atom. The topological polar surface area (TPSA) is 125 Å². The third-order valence-corrected chi connectivity index (χ3v) is 6.43. The largest absolute Gasteiger partial charge is 0.505 e. The number of benzene rings is 2. The lowest BCUT2D eigenvalue weighted by Crippen LogP contribution is -2.18. The van der Waals surface area contributed by atoms with E-state index in [2.05, 4.69) is 10.2 Å². The quantitative estimate of drug-likeness (QED) is 0.518. The van der Waals surface area contributed by atoms with E-state index in [-0.39, 0.29) is 26.3 Å². The molecular formula is C13H10Cl3N3O5S2. The Bertz CT molecular complexity index is 1100. The van der Waals surface area contributed by atoms with Gasteiger partial charge in [0.15, 0.2) is 5.75 Å². The van der Waals surface area contributed by atoms with Crippen molar-refractivity contribution in [2.75, 3.05) is 7.05 Å². The maximum absolute atomic E-state index is 11.9. The fourth-order valence-electron chi connectivity index (χ4n) is 1.77. The van der Waals surface area contributed by atoms with Crippen LogP contribution in [0.25, 0.3) is 0 Å². The summed E-state index contributed by atoms with van der Waals surface area (Å²) in [5.41, 5.74) is -0.0348. The van der Waals surface area contributed by atoms with Crippen molar-refractivity contribution in [2.24, 2.45) is 10.2 Å². The molecule has 0 saturated heterocycles. The number of rotatable bonds is 5. The fraction of sp³-hybridized carbons (Fsp3) is 0.0769. The fourth-order valence-corrected chi connectivity index (χ4v) is 3.82. The highest BCUT2D eigenvalue weighted by atomic mass is 35.7. The molecule has 2 N–H and O–H groups in total. The maximum atomic E-state index is 11.9. The summed E-state index contributed by atoms with van der Waals surface area (Å²) >= 11 is 11.7. The van der Waals surface area contributed by atoms with Gasteiger partial charge in [-0.05, 0) is 37.4 Å². The molecule has 26 heavy (non-hydrogen) atoms. The van der Waals surface area contributed by atoms with Gasteiger partial charge in [-0.15, -0.1) is 5.11 Å². The van der Waals surface area contributed by atoms with Crippen LogP contribution in [0.15, 0.2) is 50.4 Å². The van der Waals surface area contributed by atoms with Gasteiger partial charge in [0.1, 0.15) is 10.6 Å². The van der Waals surface area contributed by atoms with E-state index < -0.39 is 29.7 Å². The molecule has 0 spiro atoms. The molecule has 0 saturated carbocycles. The van der Waals surface area contributed by atoms with Crippen LogP contribution in [-0.4, -0.2) is 29.0 Å². The van der Waals surface area contributed by atoms with Crippen LogP contribution in [0, 0.1) is 0 Å². The second kappa shape index (κ2) is 7.67. The van der Waals surface area contributed by atoms with E-state index in [1.54, 1.807) is 0 Å². The summed E-state index contributed by atoms with van der Waals surface area (Å²) in [6, 6.07) is 5.77. The zero-order valence-corrected chi connectivity index (χ0v) is 16.7. The molecule has 0 radical (unpaired) electrons. The first-order valence-electron chi connectivity index (χ1n) is 6.57. The molecule has 2 aromatic rings. The number of phenols is 1. The minimum Gasteiger partial charge on any atom is -0.505 e. The molecule has 0 unspecified atom stereocenters. The number of nitrogens with one attached hydrogen (secondary N) is 1. The van der Waals surface area contributed by atoms with Gasteiger partial charge in [0.2, 0.25) is 10.0 Å². The lowest BCUT2D eigenvalue weighted by atomic mass is 10.3. The molecule has 0 aliphatic heterocycles. The Morgan fingerprint density at radius 3 is 2.23 bits per heavy atom. The molecule has 0 amide bonds. The highest BCUT2D eigenvalue weighted by molar-refractivity contribution is 8.13. The molecule has 0 heterocycles. The van der Waals surface area contributed by atoms with Crippen molar-refractivity contribution in [1.82, 2.24) is 4.72 Å². The van der Waals surface area contributed by atoms with Crippen LogP contribution in [0.2, 0.25) is 10.0 Å². The third kappa shape index (κ3) is 4.64. The SMILES string of the molecule is CNS(=O)(=O)c1cc(N=Nc2cc(S(=O)(=O)Cl)ccc2Cl)cc(Cl)c1O. The van der Waals surface area contributed by atoms with Crippen molar-refractivity contribution in [3.05, 3.63) is 40.4 Å². The lowest BCUT2D eigenvalue weighted by molar-refractivity contribution is 0.458. The second-order valence-electron chi connectivity index (χ2n) is 4.73. The summed E-state index contributed by atoms with van der Waals surface area (Å²) < 4.78 is 48.6. The number of halogens is 3. The monoisotopic (exact) mass is 457 g/mol. The second-order valence-corrected chi connectivity index (χ2v) is 9.97. The van der Waals surface area contributed by atoms with Crippen LogP contribution >= 0.6 is 33.9 Å². The van der Waals surface area contributed by atoms with Gasteiger partial charge in [0.25, 0.3) is 9.05 Å². The number of sulfonamides is 1. The maximum Gasteiger partial charge on any atom is 0.261 e. The molecule has 0 aliphatic rings. The van der Waals surface area contributed by atoms with Gasteiger partial charge < -0.3 is 5.11 Å². The highest BCUT2D eigenvalue weighted by Crippen LogP contribution is 2.36. The van der Waals surface area contributed by atoms with Crippen molar-refractivity contribution >= 4 is 64.3 Å². The normalized spacial score (nSPS) is 12.6. The number of azo groups is 1. The van der Waals surface area contributed by atoms with Crippen LogP contribution in [0.5, 0.6) is 5.75 Å². The van der Waals surface area contributed by atoms with E-state index in [1.807, 2.05) is 4.72 Å². The molecule has 0 atom stereocenters. The number of phenolic OH excluding ortho intramolecular Hbond substituents is 1. The number of nitrogens with zero attached hydrogens (tertiary/aromatic N) is 2. The Kier molecular flexibility index (Phi) is 6.16. The Balaban J connectivity index is 2.53. The lowest BCUT2D eigenvalue weighted by Gasteiger charge is -2.07. The molecule has 0 aliphatic carbocycles. The van der Waals surface area contributed by atoms with Crippen LogP contribution in [-0.2, 0) is 19.1 Å². The average molecular weight is 459 g/mol. The molecule has 140 valence electrons. The van der Waals surface area contributed by atoms with Crippen molar-refractivity contribution in [3.63, 3.8) is 0 Å². The summed E-state index contributed by atoms with van der Waals surface area (Å²) in [5.74, 6) is -0.645. The molecule has 0 bridgehead atoms. The molecule has 8 nitrogen and oxygen atoms in total. The van der Waals surface area contributed by atoms with Gasteiger partial charge in [0.05, 0.1) is 20.6 Å². The standard InChI is InChI=1S/C13H10Cl3N3O5S2/c1-17-26(23,24)12-5-7(4-10(15)13(12)20)18-19-11-6-8(25(16,21)22)2-3-9(11)14/h2-6,17,20H,1H3. The minimum absolute atomic E-state index is 0.0168. The van der Waals surface area contributed by atoms with Crippen molar-refractivity contribution in [3.8, 4) is 5.75 Å². The van der Waals surface area contributed by atoms with Crippen LogP contribution in [0.3, 0.4) is 0 Å². The highest BCUT2D eigenvalue weighted by Gasteiger charge is 2.20. The van der Waals surface area contributed by atoms with E-state index >= 15 is 0 Å². The molecular weight excluding hydrogens is 449 g/mol. The number of hydrogen-bond donors (Lipinski definition) is 2. The van der Waals surface area contributed by atoms with Crippen LogP contribution in [0.1, 0.15) is 0 Å². The molecule has 0 aromatic heterocycles. The van der Waals surface area contributed by atoms with E-state index in [4.69, 9.17) is 33.9 Å². The van der Waals surface area contributed by atoms with Gasteiger partial charge in [0, 0.05) is 10.7 Å². The summed E-state index contributed by atoms with van der Waals surface area (Å²) in [6.07, 6.45) is 0. The van der Waals surface area contributed by atoms with Crippen LogP contribution < -0.4 is 4.72 Å². The third-order valence-electron chi connectivity index (χ3n) is 3.04. The number of hydrogen-bond acceptors (Lipinski definition) is 7. The average Bonchev–Trinajstić information content (AvgIpc) is 2.55. The van der Waals surface area contributed by atoms with E-state index in [0.717, 1.165) is 19.2 Å². The van der Waals surface area contributed by atoms with E-state index in [9.17, 15) is 21.9 Å². The van der Waals surface area contributed by atoms with Gasteiger partial charge in [-0.25, -0.2) is 21.6 Å². The molecule has 13 heteroatoms. The summed E-state index contributed by atoms with van der Waals surface area (Å²) in [6.45, 7) is 0. The smallest absolute Gasteiger partial charge is 0.261 e. The van der Waals surface area contributed by atoms with Gasteiger partial charge in [-0.1, -0.05) is 23.2 Å². The Hall–Kier alpha value is -1.43. The first kappa shape index (κ1) is 20.9. The summed E-state index contributed by atoms with van der Waals surface area (Å²) in [7, 11) is -1.57. The minimum atomic E-state index is -4.00. The van der Waals surface area contributed by atoms with Gasteiger partial charge in [-0.3, -0.25) is 0 Å². The first-order valence-corrected chi connectivity index (χ1v) is 11.1. The van der Waals surface area contributed by atoms with E-state index in [0.29, 0.717) is 0 Å². The van der Waals surface area contributed by atoms with Crippen molar-refractivity contribution in [2.45, 2.75) is 9.79 Å². The number of aromatic hydroxyl groups is 1. The zero-order valence-electron chi connectivity index (χ0n) is 12.8. The summed E-state index contributed by atoms with van der Waals surface area (Å²) in [4.78, 5) is -0.732. The zero-order chi connectivity index (χ0) is 19.7.